The highest BCUT2D eigenvalue weighted by molar-refractivity contribution is 5.61. The molecule has 2 N–H and O–H groups in total. The molecule has 0 spiro atoms. The SMILES string of the molecule is CNc1nc(NC(C)C2CC2)nc(-c2cc(OC)ccc2F)n1. The number of ether oxygens (including phenoxy) is 1. The van der Waals surface area contributed by atoms with E-state index in [-0.39, 0.29) is 17.4 Å². The highest BCUT2D eigenvalue weighted by atomic mass is 19.1. The molecule has 0 saturated heterocycles. The molecule has 1 aromatic carbocycles. The molecule has 1 aliphatic rings. The van der Waals surface area contributed by atoms with E-state index in [9.17, 15) is 4.39 Å². The Morgan fingerprint density at radius 1 is 1.22 bits per heavy atom. The Balaban J connectivity index is 1.97. The molecule has 0 aliphatic heterocycles. The first kappa shape index (κ1) is 15.5. The van der Waals surface area contributed by atoms with Gasteiger partial charge in [-0.15, -0.1) is 0 Å². The van der Waals surface area contributed by atoms with Crippen LogP contribution in [0, 0.1) is 11.7 Å². The second-order valence-electron chi connectivity index (χ2n) is 5.67. The lowest BCUT2D eigenvalue weighted by molar-refractivity contribution is 0.414. The second kappa shape index (κ2) is 6.36. The third-order valence-electron chi connectivity index (χ3n) is 3.96. The fraction of sp³-hybridized carbons (Fsp3) is 0.438. The summed E-state index contributed by atoms with van der Waals surface area (Å²) in [4.78, 5) is 12.9. The number of anilines is 2. The van der Waals surface area contributed by atoms with Gasteiger partial charge in [-0.05, 0) is 43.9 Å². The monoisotopic (exact) mass is 317 g/mol. The molecule has 0 radical (unpaired) electrons. The minimum absolute atomic E-state index is 0.270. The smallest absolute Gasteiger partial charge is 0.228 e. The first-order valence-electron chi connectivity index (χ1n) is 7.65. The van der Waals surface area contributed by atoms with Crippen LogP contribution in [0.4, 0.5) is 16.3 Å². The van der Waals surface area contributed by atoms with Gasteiger partial charge in [-0.2, -0.15) is 15.0 Å². The van der Waals surface area contributed by atoms with Gasteiger partial charge in [0.2, 0.25) is 11.9 Å². The number of rotatable bonds is 6. The lowest BCUT2D eigenvalue weighted by Crippen LogP contribution is -2.20. The Morgan fingerprint density at radius 3 is 2.61 bits per heavy atom. The molecule has 122 valence electrons. The number of halogens is 1. The van der Waals surface area contributed by atoms with Crippen LogP contribution in [-0.4, -0.2) is 35.2 Å². The maximum Gasteiger partial charge on any atom is 0.228 e. The van der Waals surface area contributed by atoms with Gasteiger partial charge in [-0.1, -0.05) is 0 Å². The summed E-state index contributed by atoms with van der Waals surface area (Å²) in [5, 5.41) is 6.17. The third kappa shape index (κ3) is 3.49. The van der Waals surface area contributed by atoms with Crippen LogP contribution in [0.25, 0.3) is 11.4 Å². The third-order valence-corrected chi connectivity index (χ3v) is 3.96. The largest absolute Gasteiger partial charge is 0.497 e. The van der Waals surface area contributed by atoms with E-state index in [0.29, 0.717) is 23.6 Å². The summed E-state index contributed by atoms with van der Waals surface area (Å²) in [6.07, 6.45) is 2.44. The molecule has 7 heteroatoms. The Hall–Kier alpha value is -2.44. The fourth-order valence-electron chi connectivity index (χ4n) is 2.39. The van der Waals surface area contributed by atoms with Crippen LogP contribution in [-0.2, 0) is 0 Å². The molecule has 2 aromatic rings. The van der Waals surface area contributed by atoms with Gasteiger partial charge < -0.3 is 15.4 Å². The van der Waals surface area contributed by atoms with E-state index in [2.05, 4.69) is 32.5 Å². The molecule has 1 fully saturated rings. The van der Waals surface area contributed by atoms with E-state index in [0.717, 1.165) is 0 Å². The van der Waals surface area contributed by atoms with Crippen molar-refractivity contribution in [2.75, 3.05) is 24.8 Å². The first-order valence-corrected chi connectivity index (χ1v) is 7.65. The van der Waals surface area contributed by atoms with E-state index in [1.54, 1.807) is 19.2 Å². The van der Waals surface area contributed by atoms with E-state index in [4.69, 9.17) is 4.74 Å². The van der Waals surface area contributed by atoms with Crippen molar-refractivity contribution in [1.29, 1.82) is 0 Å². The summed E-state index contributed by atoms with van der Waals surface area (Å²) in [5.41, 5.74) is 0.283. The Morgan fingerprint density at radius 2 is 1.96 bits per heavy atom. The normalized spacial score (nSPS) is 15.1. The molecule has 0 amide bonds. The van der Waals surface area contributed by atoms with Gasteiger partial charge in [0.05, 0.1) is 12.7 Å². The number of hydrogen-bond acceptors (Lipinski definition) is 6. The summed E-state index contributed by atoms with van der Waals surface area (Å²) < 4.78 is 19.3. The van der Waals surface area contributed by atoms with Gasteiger partial charge in [0.15, 0.2) is 5.82 Å². The minimum atomic E-state index is -0.403. The second-order valence-corrected chi connectivity index (χ2v) is 5.67. The molecular weight excluding hydrogens is 297 g/mol. The standard InChI is InChI=1S/C16H20FN5O/c1-9(10-4-5-10)19-16-21-14(20-15(18-2)22-16)12-8-11(23-3)6-7-13(12)17/h6-10H,4-5H2,1-3H3,(H2,18,19,20,21,22). The van der Waals surface area contributed by atoms with Crippen LogP contribution in [0.5, 0.6) is 5.75 Å². The molecular formula is C16H20FN5O. The van der Waals surface area contributed by atoms with Crippen LogP contribution in [0.1, 0.15) is 19.8 Å². The van der Waals surface area contributed by atoms with Crippen LogP contribution < -0.4 is 15.4 Å². The van der Waals surface area contributed by atoms with Gasteiger partial charge in [-0.3, -0.25) is 0 Å². The van der Waals surface area contributed by atoms with Crippen LogP contribution >= 0.6 is 0 Å². The quantitative estimate of drug-likeness (QED) is 0.853. The summed E-state index contributed by atoms with van der Waals surface area (Å²) in [7, 11) is 3.25. The van der Waals surface area contributed by atoms with Gasteiger partial charge in [0.1, 0.15) is 11.6 Å². The van der Waals surface area contributed by atoms with Crippen molar-refractivity contribution in [2.45, 2.75) is 25.8 Å². The Kier molecular flexibility index (Phi) is 4.27. The predicted octanol–water partition coefficient (Wildman–Crippen LogP) is 2.94. The highest BCUT2D eigenvalue weighted by Crippen LogP contribution is 2.34. The topological polar surface area (TPSA) is 72.0 Å². The van der Waals surface area contributed by atoms with E-state index < -0.39 is 5.82 Å². The average Bonchev–Trinajstić information content (AvgIpc) is 3.40. The molecule has 1 heterocycles. The number of aromatic nitrogens is 3. The van der Waals surface area contributed by atoms with E-state index >= 15 is 0 Å². The van der Waals surface area contributed by atoms with Crippen molar-refractivity contribution in [1.82, 2.24) is 15.0 Å². The number of nitrogens with one attached hydrogen (secondary N) is 2. The summed E-state index contributed by atoms with van der Waals surface area (Å²) in [6.45, 7) is 2.10. The Bertz CT molecular complexity index is 705. The molecule has 1 aromatic heterocycles. The molecule has 1 saturated carbocycles. The van der Waals surface area contributed by atoms with E-state index in [1.807, 2.05) is 0 Å². The maximum atomic E-state index is 14.2. The van der Waals surface area contributed by atoms with Crippen LogP contribution in [0.3, 0.4) is 0 Å². The van der Waals surface area contributed by atoms with Crippen LogP contribution in [0.2, 0.25) is 0 Å². The van der Waals surface area contributed by atoms with Gasteiger partial charge in [-0.25, -0.2) is 4.39 Å². The van der Waals surface area contributed by atoms with Crippen molar-refractivity contribution in [3.8, 4) is 17.1 Å². The lowest BCUT2D eigenvalue weighted by atomic mass is 10.2. The molecule has 6 nitrogen and oxygen atoms in total. The molecule has 1 aliphatic carbocycles. The maximum absolute atomic E-state index is 14.2. The zero-order valence-corrected chi connectivity index (χ0v) is 13.4. The summed E-state index contributed by atoms with van der Waals surface area (Å²) in [5.74, 6) is 1.91. The first-order chi connectivity index (χ1) is 11.1. The molecule has 0 bridgehead atoms. The van der Waals surface area contributed by atoms with Crippen molar-refractivity contribution in [2.24, 2.45) is 5.92 Å². The average molecular weight is 317 g/mol. The van der Waals surface area contributed by atoms with Crippen molar-refractivity contribution in [3.05, 3.63) is 24.0 Å². The van der Waals surface area contributed by atoms with Crippen molar-refractivity contribution < 1.29 is 9.13 Å². The molecule has 1 unspecified atom stereocenters. The van der Waals surface area contributed by atoms with Crippen LogP contribution in [0.15, 0.2) is 18.2 Å². The minimum Gasteiger partial charge on any atom is -0.497 e. The molecule has 1 atom stereocenters. The highest BCUT2D eigenvalue weighted by Gasteiger charge is 2.28. The summed E-state index contributed by atoms with van der Waals surface area (Å²) >= 11 is 0. The number of benzene rings is 1. The zero-order chi connectivity index (χ0) is 16.4. The van der Waals surface area contributed by atoms with E-state index in [1.165, 1.54) is 26.0 Å². The Labute approximate surface area is 134 Å². The molecule has 23 heavy (non-hydrogen) atoms. The number of methoxy groups -OCH3 is 1. The number of nitrogens with zero attached hydrogens (tertiary/aromatic N) is 3. The predicted molar refractivity (Wildman–Crippen MR) is 87.1 cm³/mol. The lowest BCUT2D eigenvalue weighted by Gasteiger charge is -2.14. The van der Waals surface area contributed by atoms with Crippen molar-refractivity contribution in [3.63, 3.8) is 0 Å². The van der Waals surface area contributed by atoms with Gasteiger partial charge in [0, 0.05) is 13.1 Å². The molecule has 3 rings (SSSR count). The zero-order valence-electron chi connectivity index (χ0n) is 13.4. The fourth-order valence-corrected chi connectivity index (χ4v) is 2.39. The summed E-state index contributed by atoms with van der Waals surface area (Å²) in [6, 6.07) is 4.77. The van der Waals surface area contributed by atoms with Gasteiger partial charge in [0.25, 0.3) is 0 Å². The number of hydrogen-bond donors (Lipinski definition) is 2. The van der Waals surface area contributed by atoms with Crippen molar-refractivity contribution >= 4 is 11.9 Å². The van der Waals surface area contributed by atoms with Gasteiger partial charge >= 0.3 is 0 Å².